The van der Waals surface area contributed by atoms with E-state index >= 15 is 0 Å². The van der Waals surface area contributed by atoms with Crippen molar-refractivity contribution in [2.24, 2.45) is 5.73 Å². The van der Waals surface area contributed by atoms with E-state index in [1.54, 1.807) is 0 Å². The molecule has 0 heterocycles. The average molecular weight is 392 g/mol. The Kier molecular flexibility index (Phi) is 16.1. The minimum Gasteiger partial charge on any atom is -0.481 e. The third kappa shape index (κ3) is 14.2. The minimum atomic E-state index is -0.857. The number of carbonyl (C=O) groups is 1. The number of aliphatic hydroxyl groups is 2. The van der Waals surface area contributed by atoms with Gasteiger partial charge in [0, 0.05) is 18.9 Å². The number of aliphatic carboxylic acids is 1. The lowest BCUT2D eigenvalue weighted by Crippen LogP contribution is -2.31. The van der Waals surface area contributed by atoms with Crippen LogP contribution in [-0.2, 0) is 4.79 Å². The highest BCUT2D eigenvalue weighted by molar-refractivity contribution is 5.62. The summed E-state index contributed by atoms with van der Waals surface area (Å²) in [5.74, 6) is 5.53. The SMILES string of the molecule is CC(=O)O.CCCCCCCCCCC#Cc1cccc(C(O)[C@@H](N)CO)c1. The van der Waals surface area contributed by atoms with E-state index in [0.29, 0.717) is 5.56 Å². The smallest absolute Gasteiger partial charge is 0.300 e. The Balaban J connectivity index is 0.00000165. The molecule has 0 saturated heterocycles. The Morgan fingerprint density at radius 3 is 2.25 bits per heavy atom. The van der Waals surface area contributed by atoms with Gasteiger partial charge in [0.15, 0.2) is 0 Å². The largest absolute Gasteiger partial charge is 0.481 e. The van der Waals surface area contributed by atoms with E-state index in [2.05, 4.69) is 18.8 Å². The molecule has 0 bridgehead atoms. The molecular weight excluding hydrogens is 354 g/mol. The number of aliphatic hydroxyl groups excluding tert-OH is 2. The first-order valence-corrected chi connectivity index (χ1v) is 10.2. The summed E-state index contributed by atoms with van der Waals surface area (Å²) in [6, 6.07) is 6.79. The summed E-state index contributed by atoms with van der Waals surface area (Å²) in [6.45, 7) is 3.09. The van der Waals surface area contributed by atoms with Crippen molar-refractivity contribution in [3.8, 4) is 11.8 Å². The van der Waals surface area contributed by atoms with Crippen LogP contribution in [0.2, 0.25) is 0 Å². The van der Waals surface area contributed by atoms with Crippen molar-refractivity contribution < 1.29 is 20.1 Å². The number of unbranched alkanes of at least 4 members (excludes halogenated alkanes) is 8. The Bertz CT molecular complexity index is 588. The molecule has 5 heteroatoms. The maximum absolute atomic E-state index is 10.0. The lowest BCUT2D eigenvalue weighted by molar-refractivity contribution is -0.134. The van der Waals surface area contributed by atoms with Crippen LogP contribution in [-0.4, -0.2) is 33.9 Å². The quantitative estimate of drug-likeness (QED) is 0.337. The molecule has 0 spiro atoms. The summed E-state index contributed by atoms with van der Waals surface area (Å²) < 4.78 is 0. The molecule has 1 rings (SSSR count). The summed E-state index contributed by atoms with van der Waals surface area (Å²) in [5.41, 5.74) is 7.26. The molecule has 0 aliphatic carbocycles. The highest BCUT2D eigenvalue weighted by Gasteiger charge is 2.15. The van der Waals surface area contributed by atoms with Gasteiger partial charge in [-0.25, -0.2) is 0 Å². The van der Waals surface area contributed by atoms with Crippen molar-refractivity contribution in [1.82, 2.24) is 0 Å². The molecule has 5 N–H and O–H groups in total. The lowest BCUT2D eigenvalue weighted by atomic mass is 10.0. The fourth-order valence-electron chi connectivity index (χ4n) is 2.66. The molecule has 2 atom stereocenters. The fourth-order valence-corrected chi connectivity index (χ4v) is 2.66. The van der Waals surface area contributed by atoms with Crippen LogP contribution in [0.25, 0.3) is 0 Å². The van der Waals surface area contributed by atoms with Gasteiger partial charge in [-0.2, -0.15) is 0 Å². The normalized spacial score (nSPS) is 12.2. The van der Waals surface area contributed by atoms with E-state index < -0.39 is 18.1 Å². The average Bonchev–Trinajstić information content (AvgIpc) is 2.68. The number of nitrogens with two attached hydrogens (primary N) is 1. The van der Waals surface area contributed by atoms with Crippen molar-refractivity contribution in [3.05, 3.63) is 35.4 Å². The summed E-state index contributed by atoms with van der Waals surface area (Å²) in [5, 5.41) is 26.5. The fraction of sp³-hybridized carbons (Fsp3) is 0.609. The summed E-state index contributed by atoms with van der Waals surface area (Å²) >= 11 is 0. The molecule has 0 saturated carbocycles. The van der Waals surface area contributed by atoms with Crippen LogP contribution < -0.4 is 5.73 Å². The van der Waals surface area contributed by atoms with E-state index in [1.165, 1.54) is 44.9 Å². The van der Waals surface area contributed by atoms with Crippen LogP contribution in [0.4, 0.5) is 0 Å². The number of benzene rings is 1. The molecule has 0 fully saturated rings. The van der Waals surface area contributed by atoms with Gasteiger partial charge in [-0.05, 0) is 24.1 Å². The van der Waals surface area contributed by atoms with Gasteiger partial charge in [-0.3, -0.25) is 4.79 Å². The van der Waals surface area contributed by atoms with Gasteiger partial charge in [0.1, 0.15) is 0 Å². The number of hydrogen-bond donors (Lipinski definition) is 4. The predicted molar refractivity (Wildman–Crippen MR) is 114 cm³/mol. The third-order valence-electron chi connectivity index (χ3n) is 4.23. The van der Waals surface area contributed by atoms with Gasteiger partial charge >= 0.3 is 0 Å². The Morgan fingerprint density at radius 1 is 1.11 bits per heavy atom. The molecule has 0 aliphatic rings. The molecule has 0 aliphatic heterocycles. The lowest BCUT2D eigenvalue weighted by Gasteiger charge is -2.16. The van der Waals surface area contributed by atoms with Crippen LogP contribution in [0.15, 0.2) is 24.3 Å². The minimum absolute atomic E-state index is 0.241. The van der Waals surface area contributed by atoms with Crippen LogP contribution in [0.1, 0.15) is 88.9 Å². The zero-order valence-electron chi connectivity index (χ0n) is 17.4. The third-order valence-corrected chi connectivity index (χ3v) is 4.23. The van der Waals surface area contributed by atoms with Gasteiger partial charge in [0.05, 0.1) is 18.8 Å². The number of rotatable bonds is 11. The second-order valence-electron chi connectivity index (χ2n) is 6.96. The van der Waals surface area contributed by atoms with Crippen molar-refractivity contribution in [1.29, 1.82) is 0 Å². The van der Waals surface area contributed by atoms with Gasteiger partial charge in [-0.1, -0.05) is 75.8 Å². The van der Waals surface area contributed by atoms with E-state index in [-0.39, 0.29) is 6.61 Å². The highest BCUT2D eigenvalue weighted by atomic mass is 16.4. The molecule has 1 aromatic carbocycles. The Morgan fingerprint density at radius 2 is 1.68 bits per heavy atom. The Hall–Kier alpha value is -1.87. The second-order valence-corrected chi connectivity index (χ2v) is 6.96. The number of hydrogen-bond acceptors (Lipinski definition) is 4. The first-order chi connectivity index (χ1) is 13.4. The van der Waals surface area contributed by atoms with E-state index in [9.17, 15) is 5.11 Å². The monoisotopic (exact) mass is 391 g/mol. The zero-order chi connectivity index (χ0) is 21.2. The summed E-state index contributed by atoms with van der Waals surface area (Å²) in [6.07, 6.45) is 10.5. The molecule has 28 heavy (non-hydrogen) atoms. The zero-order valence-corrected chi connectivity index (χ0v) is 17.4. The van der Waals surface area contributed by atoms with E-state index in [1.807, 2.05) is 24.3 Å². The van der Waals surface area contributed by atoms with Gasteiger partial charge in [0.2, 0.25) is 0 Å². The van der Waals surface area contributed by atoms with E-state index in [4.69, 9.17) is 20.7 Å². The maximum atomic E-state index is 10.0. The van der Waals surface area contributed by atoms with Crippen molar-refractivity contribution >= 4 is 5.97 Å². The van der Waals surface area contributed by atoms with Crippen LogP contribution in [0.3, 0.4) is 0 Å². The van der Waals surface area contributed by atoms with Crippen LogP contribution >= 0.6 is 0 Å². The summed E-state index contributed by atoms with van der Waals surface area (Å²) in [4.78, 5) is 9.00. The molecule has 1 aromatic rings. The summed E-state index contributed by atoms with van der Waals surface area (Å²) in [7, 11) is 0. The Labute approximate surface area is 170 Å². The molecule has 0 aromatic heterocycles. The molecule has 0 amide bonds. The molecular formula is C23H37NO4. The second kappa shape index (κ2) is 17.2. The first kappa shape index (κ1) is 26.1. The molecule has 5 nitrogen and oxygen atoms in total. The standard InChI is InChI=1S/C21H33NO2.C2H4O2/c1-2-3-4-5-6-7-8-9-10-11-13-18-14-12-15-19(16-18)21(24)20(22)17-23;1-2(3)4/h12,14-16,20-21,23-24H,2-10,17,22H2,1H3;1H3,(H,3,4)/t20-,21?;/m0./s1. The number of carboxylic acids is 1. The topological polar surface area (TPSA) is 104 Å². The molecule has 1 unspecified atom stereocenters. The van der Waals surface area contributed by atoms with Crippen molar-refractivity contribution in [2.45, 2.75) is 83.8 Å². The van der Waals surface area contributed by atoms with Crippen LogP contribution in [0, 0.1) is 11.8 Å². The van der Waals surface area contributed by atoms with Crippen LogP contribution in [0.5, 0.6) is 0 Å². The highest BCUT2D eigenvalue weighted by Crippen LogP contribution is 2.16. The van der Waals surface area contributed by atoms with Gasteiger partial charge < -0.3 is 21.1 Å². The number of carboxylic acid groups (broad SMARTS) is 1. The molecule has 0 radical (unpaired) electrons. The maximum Gasteiger partial charge on any atom is 0.300 e. The predicted octanol–water partition coefficient (Wildman–Crippen LogP) is 4.01. The van der Waals surface area contributed by atoms with E-state index in [0.717, 1.165) is 25.3 Å². The van der Waals surface area contributed by atoms with Crippen molar-refractivity contribution in [2.75, 3.05) is 6.61 Å². The molecule has 158 valence electrons. The van der Waals surface area contributed by atoms with Gasteiger partial charge in [-0.15, -0.1) is 0 Å². The first-order valence-electron chi connectivity index (χ1n) is 10.2. The van der Waals surface area contributed by atoms with Gasteiger partial charge in [0.25, 0.3) is 5.97 Å². The van der Waals surface area contributed by atoms with Crippen molar-refractivity contribution in [3.63, 3.8) is 0 Å².